The molecule has 1 amide bonds. The summed E-state index contributed by atoms with van der Waals surface area (Å²) in [4.78, 5) is 27.2. The Kier molecular flexibility index (Phi) is 4.63. The minimum atomic E-state index is -0.593. The van der Waals surface area contributed by atoms with Gasteiger partial charge in [-0.1, -0.05) is 45.8 Å². The van der Waals surface area contributed by atoms with E-state index < -0.39 is 5.63 Å². The molecule has 6 heteroatoms. The van der Waals surface area contributed by atoms with Crippen LogP contribution in [-0.2, 0) is 0 Å². The van der Waals surface area contributed by atoms with E-state index in [0.717, 1.165) is 21.2 Å². The van der Waals surface area contributed by atoms with Crippen molar-refractivity contribution < 1.29 is 9.21 Å². The Labute approximate surface area is 163 Å². The van der Waals surface area contributed by atoms with Gasteiger partial charge in [0.05, 0.1) is 0 Å². The molecule has 0 bridgehead atoms. The van der Waals surface area contributed by atoms with Crippen molar-refractivity contribution in [1.29, 1.82) is 0 Å². The Hall–Kier alpha value is -2.05. The fourth-order valence-electron chi connectivity index (χ4n) is 3.08. The van der Waals surface area contributed by atoms with Crippen LogP contribution < -0.4 is 5.63 Å². The maximum absolute atomic E-state index is 13.1. The predicted molar refractivity (Wildman–Crippen MR) is 108 cm³/mol. The number of hydrogen-bond donors (Lipinski definition) is 0. The third-order valence-corrected chi connectivity index (χ3v) is 6.19. The van der Waals surface area contributed by atoms with Gasteiger partial charge in [0.25, 0.3) is 5.91 Å². The number of rotatable bonds is 2. The third kappa shape index (κ3) is 3.19. The van der Waals surface area contributed by atoms with Crippen LogP contribution in [0.5, 0.6) is 0 Å². The molecule has 1 atom stereocenters. The van der Waals surface area contributed by atoms with Gasteiger partial charge in [-0.3, -0.25) is 4.79 Å². The highest BCUT2D eigenvalue weighted by Crippen LogP contribution is 2.38. The Morgan fingerprint density at radius 1 is 1.19 bits per heavy atom. The first kappa shape index (κ1) is 17.4. The standard InChI is InChI=1S/C20H16BrNO3S/c1-12-2-4-13(5-3-12)19-22(8-9-26-19)18(23)16-11-14-10-15(21)6-7-17(14)25-20(16)24/h2-7,10-11,19H,8-9H2,1H3/t19-/m0/s1. The highest BCUT2D eigenvalue weighted by atomic mass is 79.9. The lowest BCUT2D eigenvalue weighted by Crippen LogP contribution is -2.33. The average Bonchev–Trinajstić information content (AvgIpc) is 3.11. The summed E-state index contributed by atoms with van der Waals surface area (Å²) >= 11 is 5.12. The zero-order valence-electron chi connectivity index (χ0n) is 14.1. The summed E-state index contributed by atoms with van der Waals surface area (Å²) in [6, 6.07) is 15.1. The summed E-state index contributed by atoms with van der Waals surface area (Å²) in [6.07, 6.45) is 0. The van der Waals surface area contributed by atoms with Crippen molar-refractivity contribution in [2.24, 2.45) is 0 Å². The van der Waals surface area contributed by atoms with E-state index in [1.165, 1.54) is 5.56 Å². The highest BCUT2D eigenvalue weighted by Gasteiger charge is 2.32. The number of nitrogens with zero attached hydrogens (tertiary/aromatic N) is 1. The van der Waals surface area contributed by atoms with E-state index in [0.29, 0.717) is 12.1 Å². The molecule has 0 N–H and O–H groups in total. The van der Waals surface area contributed by atoms with Gasteiger partial charge in [0.15, 0.2) is 0 Å². The molecule has 4 nitrogen and oxygen atoms in total. The normalized spacial score (nSPS) is 17.0. The smallest absolute Gasteiger partial charge is 0.349 e. The molecule has 1 aliphatic heterocycles. The molecule has 1 fully saturated rings. The molecule has 0 radical (unpaired) electrons. The lowest BCUT2D eigenvalue weighted by molar-refractivity contribution is 0.0756. The van der Waals surface area contributed by atoms with Gasteiger partial charge in [-0.05, 0) is 36.8 Å². The average molecular weight is 430 g/mol. The van der Waals surface area contributed by atoms with Gasteiger partial charge >= 0.3 is 5.63 Å². The molecule has 1 aliphatic rings. The Morgan fingerprint density at radius 2 is 1.96 bits per heavy atom. The SMILES string of the molecule is Cc1ccc([C@@H]2SCCN2C(=O)c2cc3cc(Br)ccc3oc2=O)cc1. The van der Waals surface area contributed by atoms with E-state index in [9.17, 15) is 9.59 Å². The summed E-state index contributed by atoms with van der Waals surface area (Å²) in [6.45, 7) is 2.64. The fourth-order valence-corrected chi connectivity index (χ4v) is 4.72. The first-order valence-electron chi connectivity index (χ1n) is 8.25. The molecular formula is C20H16BrNO3S. The van der Waals surface area contributed by atoms with Crippen LogP contribution in [0.15, 0.2) is 62.2 Å². The molecule has 3 aromatic rings. The van der Waals surface area contributed by atoms with Gasteiger partial charge in [0.1, 0.15) is 16.5 Å². The summed E-state index contributed by atoms with van der Waals surface area (Å²) in [5, 5.41) is 0.641. The number of thioether (sulfide) groups is 1. The second kappa shape index (κ2) is 6.93. The second-order valence-electron chi connectivity index (χ2n) is 6.26. The number of fused-ring (bicyclic) bond motifs is 1. The van der Waals surface area contributed by atoms with Gasteiger partial charge < -0.3 is 9.32 Å². The number of carbonyl (C=O) groups excluding carboxylic acids is 1. The minimum absolute atomic E-state index is 0.0789. The van der Waals surface area contributed by atoms with Crippen LogP contribution in [0.3, 0.4) is 0 Å². The molecule has 0 saturated carbocycles. The van der Waals surface area contributed by atoms with Crippen molar-refractivity contribution >= 4 is 44.6 Å². The summed E-state index contributed by atoms with van der Waals surface area (Å²) in [7, 11) is 0. The van der Waals surface area contributed by atoms with Crippen molar-refractivity contribution in [2.45, 2.75) is 12.3 Å². The number of benzene rings is 2. The monoisotopic (exact) mass is 429 g/mol. The Balaban J connectivity index is 1.72. The molecule has 4 rings (SSSR count). The van der Waals surface area contributed by atoms with Gasteiger partial charge in [-0.25, -0.2) is 4.79 Å². The van der Waals surface area contributed by atoms with Gasteiger partial charge in [0, 0.05) is 22.2 Å². The number of halogens is 1. The summed E-state index contributed by atoms with van der Waals surface area (Å²) < 4.78 is 6.22. The number of hydrogen-bond acceptors (Lipinski definition) is 4. The van der Waals surface area contributed by atoms with Crippen LogP contribution in [0, 0.1) is 6.92 Å². The molecule has 0 aliphatic carbocycles. The summed E-state index contributed by atoms with van der Waals surface area (Å²) in [5.41, 5.74) is 2.20. The first-order valence-corrected chi connectivity index (χ1v) is 10.1. The van der Waals surface area contributed by atoms with Crippen LogP contribution in [0.2, 0.25) is 0 Å². The fraction of sp³-hybridized carbons (Fsp3) is 0.200. The molecule has 26 heavy (non-hydrogen) atoms. The van der Waals surface area contributed by atoms with Crippen LogP contribution in [0.25, 0.3) is 11.0 Å². The zero-order chi connectivity index (χ0) is 18.3. The van der Waals surface area contributed by atoms with Crippen LogP contribution in [0.4, 0.5) is 0 Å². The van der Waals surface area contributed by atoms with E-state index >= 15 is 0 Å². The maximum atomic E-state index is 13.1. The number of aryl methyl sites for hydroxylation is 1. The molecular weight excluding hydrogens is 414 g/mol. The van der Waals surface area contributed by atoms with Crippen molar-refractivity contribution in [1.82, 2.24) is 4.90 Å². The van der Waals surface area contributed by atoms with Gasteiger partial charge in [-0.15, -0.1) is 11.8 Å². The highest BCUT2D eigenvalue weighted by molar-refractivity contribution is 9.10. The predicted octanol–water partition coefficient (Wildman–Crippen LogP) is 4.75. The molecule has 2 heterocycles. The summed E-state index contributed by atoms with van der Waals surface area (Å²) in [5.74, 6) is 0.561. The first-order chi connectivity index (χ1) is 12.5. The molecule has 0 spiro atoms. The molecule has 1 saturated heterocycles. The van der Waals surface area contributed by atoms with E-state index in [-0.39, 0.29) is 16.8 Å². The minimum Gasteiger partial charge on any atom is -0.422 e. The van der Waals surface area contributed by atoms with Crippen molar-refractivity contribution in [3.8, 4) is 0 Å². The van der Waals surface area contributed by atoms with Crippen molar-refractivity contribution in [3.05, 3.63) is 80.1 Å². The van der Waals surface area contributed by atoms with Crippen molar-refractivity contribution in [2.75, 3.05) is 12.3 Å². The maximum Gasteiger partial charge on any atom is 0.349 e. The largest absolute Gasteiger partial charge is 0.422 e. The molecule has 0 unspecified atom stereocenters. The van der Waals surface area contributed by atoms with E-state index in [1.54, 1.807) is 34.9 Å². The lowest BCUT2D eigenvalue weighted by Gasteiger charge is -2.24. The number of amides is 1. The second-order valence-corrected chi connectivity index (χ2v) is 8.37. The Morgan fingerprint density at radius 3 is 2.73 bits per heavy atom. The van der Waals surface area contributed by atoms with Crippen LogP contribution in [0.1, 0.15) is 26.9 Å². The van der Waals surface area contributed by atoms with Crippen molar-refractivity contribution in [3.63, 3.8) is 0 Å². The van der Waals surface area contributed by atoms with E-state index in [2.05, 4.69) is 15.9 Å². The van der Waals surface area contributed by atoms with E-state index in [4.69, 9.17) is 4.42 Å². The quantitative estimate of drug-likeness (QED) is 0.551. The van der Waals surface area contributed by atoms with Gasteiger partial charge in [0.2, 0.25) is 0 Å². The Bertz CT molecular complexity index is 1050. The molecule has 1 aromatic heterocycles. The van der Waals surface area contributed by atoms with E-state index in [1.807, 2.05) is 37.3 Å². The zero-order valence-corrected chi connectivity index (χ0v) is 16.5. The third-order valence-electron chi connectivity index (χ3n) is 4.44. The van der Waals surface area contributed by atoms with Gasteiger partial charge in [-0.2, -0.15) is 0 Å². The number of carbonyl (C=O) groups is 1. The topological polar surface area (TPSA) is 50.5 Å². The van der Waals surface area contributed by atoms with Crippen LogP contribution in [-0.4, -0.2) is 23.1 Å². The van der Waals surface area contributed by atoms with Crippen LogP contribution >= 0.6 is 27.7 Å². The molecule has 132 valence electrons. The molecule has 2 aromatic carbocycles. The lowest BCUT2D eigenvalue weighted by atomic mass is 10.1.